The first-order valence-corrected chi connectivity index (χ1v) is 7.12. The molecule has 0 saturated carbocycles. The summed E-state index contributed by atoms with van der Waals surface area (Å²) in [5.74, 6) is 2.42. The van der Waals surface area contributed by atoms with Crippen LogP contribution in [0, 0.1) is 17.3 Å². The molecule has 1 nitrogen and oxygen atoms in total. The second-order valence-electron chi connectivity index (χ2n) is 6.66. The molecule has 0 saturated heterocycles. The van der Waals surface area contributed by atoms with Gasteiger partial charge in [0, 0.05) is 12.6 Å². The molecule has 0 bridgehead atoms. The third-order valence-corrected chi connectivity index (χ3v) is 3.96. The third kappa shape index (κ3) is 6.15. The highest BCUT2D eigenvalue weighted by molar-refractivity contribution is 7.80. The first-order chi connectivity index (χ1) is 7.18. The standard InChI is InChI=1S/C14H31NS/c1-11(2)8-12(3)15(7)9-13(10-16)14(4,5)6/h11-13,16H,8-10H2,1-7H3. The van der Waals surface area contributed by atoms with E-state index in [0.717, 1.165) is 18.2 Å². The minimum Gasteiger partial charge on any atom is -0.303 e. The van der Waals surface area contributed by atoms with E-state index in [1.165, 1.54) is 6.42 Å². The molecule has 0 spiro atoms. The van der Waals surface area contributed by atoms with Crippen LogP contribution in [0.2, 0.25) is 0 Å². The van der Waals surface area contributed by atoms with Gasteiger partial charge in [-0.3, -0.25) is 0 Å². The average molecular weight is 245 g/mol. The summed E-state index contributed by atoms with van der Waals surface area (Å²) in [6.45, 7) is 15.0. The quantitative estimate of drug-likeness (QED) is 0.694. The summed E-state index contributed by atoms with van der Waals surface area (Å²) in [6.07, 6.45) is 1.28. The lowest BCUT2D eigenvalue weighted by Gasteiger charge is -2.36. The Balaban J connectivity index is 4.25. The molecule has 0 aliphatic heterocycles. The van der Waals surface area contributed by atoms with Gasteiger partial charge < -0.3 is 4.90 Å². The molecule has 16 heavy (non-hydrogen) atoms. The van der Waals surface area contributed by atoms with Crippen LogP contribution >= 0.6 is 12.6 Å². The molecule has 0 aromatic heterocycles. The first kappa shape index (κ1) is 16.3. The minimum absolute atomic E-state index is 0.355. The van der Waals surface area contributed by atoms with Crippen LogP contribution in [0.15, 0.2) is 0 Å². The Labute approximate surface area is 108 Å². The summed E-state index contributed by atoms with van der Waals surface area (Å²) in [6, 6.07) is 0.671. The Morgan fingerprint density at radius 2 is 1.62 bits per heavy atom. The van der Waals surface area contributed by atoms with E-state index in [1.54, 1.807) is 0 Å². The van der Waals surface area contributed by atoms with E-state index in [-0.39, 0.29) is 0 Å². The zero-order valence-electron chi connectivity index (χ0n) is 12.2. The monoisotopic (exact) mass is 245 g/mol. The van der Waals surface area contributed by atoms with Crippen molar-refractivity contribution in [1.82, 2.24) is 4.90 Å². The molecular formula is C14H31NS. The molecule has 0 aromatic carbocycles. The molecule has 0 heterocycles. The Morgan fingerprint density at radius 1 is 1.12 bits per heavy atom. The van der Waals surface area contributed by atoms with Crippen LogP contribution in [-0.2, 0) is 0 Å². The topological polar surface area (TPSA) is 3.24 Å². The van der Waals surface area contributed by atoms with Gasteiger partial charge in [0.1, 0.15) is 0 Å². The molecular weight excluding hydrogens is 214 g/mol. The molecule has 98 valence electrons. The van der Waals surface area contributed by atoms with Crippen LogP contribution in [0.3, 0.4) is 0 Å². The maximum absolute atomic E-state index is 4.50. The second-order valence-corrected chi connectivity index (χ2v) is 7.03. The van der Waals surface area contributed by atoms with E-state index in [0.29, 0.717) is 17.4 Å². The van der Waals surface area contributed by atoms with Crippen molar-refractivity contribution < 1.29 is 0 Å². The van der Waals surface area contributed by atoms with Crippen LogP contribution in [-0.4, -0.2) is 30.3 Å². The normalized spacial score (nSPS) is 16.9. The summed E-state index contributed by atoms with van der Waals surface area (Å²) < 4.78 is 0. The smallest absolute Gasteiger partial charge is 0.00664 e. The largest absolute Gasteiger partial charge is 0.303 e. The van der Waals surface area contributed by atoms with Gasteiger partial charge in [0.15, 0.2) is 0 Å². The molecule has 0 N–H and O–H groups in total. The SMILES string of the molecule is CC(C)CC(C)N(C)CC(CS)C(C)(C)C. The zero-order chi connectivity index (χ0) is 12.9. The van der Waals surface area contributed by atoms with Gasteiger partial charge in [-0.2, -0.15) is 12.6 Å². The Kier molecular flexibility index (Phi) is 7.04. The summed E-state index contributed by atoms with van der Waals surface area (Å²) in [4.78, 5) is 2.49. The molecule has 2 heteroatoms. The summed E-state index contributed by atoms with van der Waals surface area (Å²) in [5, 5.41) is 0. The molecule has 0 aliphatic carbocycles. The zero-order valence-corrected chi connectivity index (χ0v) is 13.1. The van der Waals surface area contributed by atoms with Crippen molar-refractivity contribution in [2.24, 2.45) is 17.3 Å². The molecule has 0 fully saturated rings. The number of rotatable bonds is 6. The molecule has 0 rings (SSSR count). The van der Waals surface area contributed by atoms with Crippen LogP contribution in [0.25, 0.3) is 0 Å². The van der Waals surface area contributed by atoms with E-state index in [2.05, 4.69) is 66.1 Å². The van der Waals surface area contributed by atoms with Crippen LogP contribution in [0.5, 0.6) is 0 Å². The van der Waals surface area contributed by atoms with Crippen molar-refractivity contribution in [2.75, 3.05) is 19.3 Å². The van der Waals surface area contributed by atoms with Crippen molar-refractivity contribution in [3.05, 3.63) is 0 Å². The maximum Gasteiger partial charge on any atom is 0.00664 e. The molecule has 2 unspecified atom stereocenters. The summed E-state index contributed by atoms with van der Waals surface area (Å²) >= 11 is 4.50. The van der Waals surface area contributed by atoms with Gasteiger partial charge in [0.2, 0.25) is 0 Å². The molecule has 0 aliphatic rings. The summed E-state index contributed by atoms with van der Waals surface area (Å²) in [5.41, 5.74) is 0.355. The lowest BCUT2D eigenvalue weighted by Crippen LogP contribution is -2.39. The lowest BCUT2D eigenvalue weighted by atomic mass is 9.81. The van der Waals surface area contributed by atoms with Gasteiger partial charge in [-0.05, 0) is 43.4 Å². The van der Waals surface area contributed by atoms with E-state index in [9.17, 15) is 0 Å². The van der Waals surface area contributed by atoms with Crippen molar-refractivity contribution in [1.29, 1.82) is 0 Å². The predicted molar refractivity (Wildman–Crippen MR) is 78.3 cm³/mol. The molecule has 0 aromatic rings. The van der Waals surface area contributed by atoms with E-state index in [1.807, 2.05) is 0 Å². The number of thiol groups is 1. The van der Waals surface area contributed by atoms with Crippen molar-refractivity contribution in [3.63, 3.8) is 0 Å². The van der Waals surface area contributed by atoms with Gasteiger partial charge in [-0.25, -0.2) is 0 Å². The fraction of sp³-hybridized carbons (Fsp3) is 1.00. The lowest BCUT2D eigenvalue weighted by molar-refractivity contribution is 0.147. The fourth-order valence-corrected chi connectivity index (χ4v) is 2.66. The number of nitrogens with zero attached hydrogens (tertiary/aromatic N) is 1. The van der Waals surface area contributed by atoms with Crippen molar-refractivity contribution in [2.45, 2.75) is 54.0 Å². The van der Waals surface area contributed by atoms with Crippen molar-refractivity contribution >= 4 is 12.6 Å². The molecule has 0 amide bonds. The Hall–Kier alpha value is 0.310. The predicted octanol–water partition coefficient (Wildman–Crippen LogP) is 3.94. The highest BCUT2D eigenvalue weighted by Crippen LogP contribution is 2.28. The Bertz CT molecular complexity index is 184. The van der Waals surface area contributed by atoms with Gasteiger partial charge in [-0.15, -0.1) is 0 Å². The van der Waals surface area contributed by atoms with Gasteiger partial charge >= 0.3 is 0 Å². The van der Waals surface area contributed by atoms with Crippen LogP contribution in [0.4, 0.5) is 0 Å². The highest BCUT2D eigenvalue weighted by Gasteiger charge is 2.25. The Morgan fingerprint density at radius 3 is 1.94 bits per heavy atom. The van der Waals surface area contributed by atoms with E-state index >= 15 is 0 Å². The van der Waals surface area contributed by atoms with Crippen molar-refractivity contribution in [3.8, 4) is 0 Å². The van der Waals surface area contributed by atoms with Gasteiger partial charge in [0.05, 0.1) is 0 Å². The van der Waals surface area contributed by atoms with Crippen LogP contribution in [0.1, 0.15) is 48.0 Å². The first-order valence-electron chi connectivity index (χ1n) is 6.49. The number of hydrogen-bond donors (Lipinski definition) is 1. The van der Waals surface area contributed by atoms with E-state index < -0.39 is 0 Å². The van der Waals surface area contributed by atoms with Gasteiger partial charge in [-0.1, -0.05) is 34.6 Å². The average Bonchev–Trinajstić information content (AvgIpc) is 2.10. The minimum atomic E-state index is 0.355. The second kappa shape index (κ2) is 6.90. The number of hydrogen-bond acceptors (Lipinski definition) is 2. The molecule has 0 radical (unpaired) electrons. The van der Waals surface area contributed by atoms with Gasteiger partial charge in [0.25, 0.3) is 0 Å². The van der Waals surface area contributed by atoms with Crippen LogP contribution < -0.4 is 0 Å². The fourth-order valence-electron chi connectivity index (χ4n) is 2.00. The summed E-state index contributed by atoms with van der Waals surface area (Å²) in [7, 11) is 2.25. The van der Waals surface area contributed by atoms with E-state index in [4.69, 9.17) is 0 Å². The third-order valence-electron chi connectivity index (χ3n) is 3.52. The molecule has 2 atom stereocenters. The highest BCUT2D eigenvalue weighted by atomic mass is 32.1. The maximum atomic E-state index is 4.50.